The van der Waals surface area contributed by atoms with Gasteiger partial charge in [-0.1, -0.05) is 32.1 Å². The first-order valence-corrected chi connectivity index (χ1v) is 9.77. The first-order valence-electron chi connectivity index (χ1n) is 8.95. The summed E-state index contributed by atoms with van der Waals surface area (Å²) in [5.74, 6) is -0.148. The molecule has 0 spiro atoms. The number of hydrogen-bond acceptors (Lipinski definition) is 5. The Morgan fingerprint density at radius 3 is 2.41 bits per heavy atom. The number of amides is 1. The van der Waals surface area contributed by atoms with E-state index in [4.69, 9.17) is 0 Å². The van der Waals surface area contributed by atoms with Crippen LogP contribution in [0.3, 0.4) is 0 Å². The molecule has 4 rings (SSSR count). The van der Waals surface area contributed by atoms with E-state index in [1.165, 1.54) is 29.7 Å². The number of halogens is 1. The van der Waals surface area contributed by atoms with E-state index in [1.807, 2.05) is 45.3 Å². The lowest BCUT2D eigenvalue weighted by Crippen LogP contribution is -2.15. The molecule has 4 aromatic rings. The second-order valence-electron chi connectivity index (χ2n) is 7.48. The standard InChI is InChI=1S/C20H19FN6OS/c1-20(2,3)18-24-25-19(29-18)23-16(28)15-12-22-27(14-8-6-13(21)7-9-14)17(15)26-10-4-5-11-26/h4-12H,1-3H3,(H,23,25,28). The van der Waals surface area contributed by atoms with Crippen molar-refractivity contribution in [1.82, 2.24) is 24.5 Å². The predicted octanol–water partition coefficient (Wildman–Crippen LogP) is 4.20. The zero-order valence-corrected chi connectivity index (χ0v) is 16.9. The molecule has 0 aliphatic rings. The van der Waals surface area contributed by atoms with Crippen molar-refractivity contribution < 1.29 is 9.18 Å². The maximum absolute atomic E-state index is 13.3. The minimum absolute atomic E-state index is 0.148. The number of hydrogen-bond donors (Lipinski definition) is 1. The summed E-state index contributed by atoms with van der Waals surface area (Å²) in [5, 5.41) is 16.7. The normalized spacial score (nSPS) is 11.6. The largest absolute Gasteiger partial charge is 0.308 e. The van der Waals surface area contributed by atoms with E-state index in [-0.39, 0.29) is 17.1 Å². The van der Waals surface area contributed by atoms with Crippen LogP contribution in [0.4, 0.5) is 9.52 Å². The van der Waals surface area contributed by atoms with Gasteiger partial charge in [0.2, 0.25) is 5.13 Å². The maximum Gasteiger partial charge on any atom is 0.262 e. The molecule has 1 aromatic carbocycles. The number of anilines is 1. The van der Waals surface area contributed by atoms with E-state index < -0.39 is 0 Å². The lowest BCUT2D eigenvalue weighted by atomic mass is 9.98. The Balaban J connectivity index is 1.71. The third-order valence-corrected chi connectivity index (χ3v) is 5.46. The smallest absolute Gasteiger partial charge is 0.262 e. The second kappa shape index (κ2) is 7.25. The van der Waals surface area contributed by atoms with Gasteiger partial charge in [-0.2, -0.15) is 5.10 Å². The third-order valence-electron chi connectivity index (χ3n) is 4.20. The van der Waals surface area contributed by atoms with E-state index in [2.05, 4.69) is 20.6 Å². The van der Waals surface area contributed by atoms with Gasteiger partial charge in [-0.3, -0.25) is 10.1 Å². The molecule has 1 amide bonds. The average molecular weight is 410 g/mol. The van der Waals surface area contributed by atoms with Crippen LogP contribution in [0.25, 0.3) is 11.5 Å². The van der Waals surface area contributed by atoms with Crippen LogP contribution >= 0.6 is 11.3 Å². The Morgan fingerprint density at radius 2 is 1.79 bits per heavy atom. The van der Waals surface area contributed by atoms with Crippen molar-refractivity contribution >= 4 is 22.4 Å². The first-order chi connectivity index (χ1) is 13.8. The molecule has 0 saturated carbocycles. The van der Waals surface area contributed by atoms with E-state index in [0.29, 0.717) is 22.2 Å². The number of aromatic nitrogens is 5. The van der Waals surface area contributed by atoms with Gasteiger partial charge >= 0.3 is 0 Å². The van der Waals surface area contributed by atoms with Crippen LogP contribution in [-0.4, -0.2) is 30.5 Å². The number of benzene rings is 1. The molecule has 3 heterocycles. The Kier molecular flexibility index (Phi) is 4.75. The first kappa shape index (κ1) is 19.0. The number of nitrogens with one attached hydrogen (secondary N) is 1. The number of rotatable bonds is 4. The summed E-state index contributed by atoms with van der Waals surface area (Å²) in [4.78, 5) is 13.0. The van der Waals surface area contributed by atoms with Gasteiger partial charge in [-0.05, 0) is 36.4 Å². The van der Waals surface area contributed by atoms with Crippen molar-refractivity contribution in [1.29, 1.82) is 0 Å². The van der Waals surface area contributed by atoms with Crippen molar-refractivity contribution in [3.8, 4) is 11.5 Å². The Hall–Kier alpha value is -3.33. The lowest BCUT2D eigenvalue weighted by Gasteiger charge is -2.12. The molecule has 0 saturated heterocycles. The fraction of sp³-hybridized carbons (Fsp3) is 0.200. The molecule has 0 aliphatic heterocycles. The molecule has 3 aromatic heterocycles. The van der Waals surface area contributed by atoms with Gasteiger partial charge in [0, 0.05) is 17.8 Å². The van der Waals surface area contributed by atoms with Gasteiger partial charge < -0.3 is 4.57 Å². The molecule has 148 valence electrons. The van der Waals surface area contributed by atoms with Crippen LogP contribution in [0.2, 0.25) is 0 Å². The van der Waals surface area contributed by atoms with Crippen LogP contribution in [0.1, 0.15) is 36.1 Å². The van der Waals surface area contributed by atoms with E-state index in [9.17, 15) is 9.18 Å². The van der Waals surface area contributed by atoms with Gasteiger partial charge in [-0.25, -0.2) is 9.07 Å². The summed E-state index contributed by atoms with van der Waals surface area (Å²) in [5.41, 5.74) is 0.850. The topological polar surface area (TPSA) is 77.6 Å². The van der Waals surface area contributed by atoms with Crippen molar-refractivity contribution in [3.63, 3.8) is 0 Å². The molecule has 0 unspecified atom stereocenters. The van der Waals surface area contributed by atoms with Crippen molar-refractivity contribution in [2.45, 2.75) is 26.2 Å². The SMILES string of the molecule is CC(C)(C)c1nnc(NC(=O)c2cnn(-c3ccc(F)cc3)c2-n2cccc2)s1. The molecule has 0 radical (unpaired) electrons. The fourth-order valence-corrected chi connectivity index (χ4v) is 3.54. The Labute approximate surface area is 170 Å². The van der Waals surface area contributed by atoms with Gasteiger partial charge in [-0.15, -0.1) is 10.2 Å². The Bertz CT molecular complexity index is 1140. The molecule has 0 atom stereocenters. The van der Waals surface area contributed by atoms with Crippen LogP contribution in [0.15, 0.2) is 55.0 Å². The number of carbonyl (C=O) groups is 1. The predicted molar refractivity (Wildman–Crippen MR) is 109 cm³/mol. The monoisotopic (exact) mass is 410 g/mol. The summed E-state index contributed by atoms with van der Waals surface area (Å²) in [7, 11) is 0. The highest BCUT2D eigenvalue weighted by atomic mass is 32.1. The molecular weight excluding hydrogens is 391 g/mol. The summed E-state index contributed by atoms with van der Waals surface area (Å²) in [6.45, 7) is 6.11. The van der Waals surface area contributed by atoms with Crippen LogP contribution in [0, 0.1) is 5.82 Å². The highest BCUT2D eigenvalue weighted by Gasteiger charge is 2.23. The van der Waals surface area contributed by atoms with Crippen molar-refractivity contribution in [2.24, 2.45) is 0 Å². The number of nitrogens with zero attached hydrogens (tertiary/aromatic N) is 5. The van der Waals surface area contributed by atoms with Crippen molar-refractivity contribution in [2.75, 3.05) is 5.32 Å². The third kappa shape index (κ3) is 3.81. The van der Waals surface area contributed by atoms with Gasteiger partial charge in [0.05, 0.1) is 11.9 Å². The van der Waals surface area contributed by atoms with Gasteiger partial charge in [0.15, 0.2) is 5.82 Å². The van der Waals surface area contributed by atoms with Gasteiger partial charge in [0.25, 0.3) is 5.91 Å². The molecule has 0 bridgehead atoms. The van der Waals surface area contributed by atoms with Crippen molar-refractivity contribution in [3.05, 3.63) is 71.4 Å². The average Bonchev–Trinajstić information content (AvgIpc) is 3.41. The van der Waals surface area contributed by atoms with Crippen LogP contribution < -0.4 is 5.32 Å². The summed E-state index contributed by atoms with van der Waals surface area (Å²) >= 11 is 1.34. The number of carbonyl (C=O) groups excluding carboxylic acids is 1. The van der Waals surface area contributed by atoms with Crippen LogP contribution in [0.5, 0.6) is 0 Å². The highest BCUT2D eigenvalue weighted by molar-refractivity contribution is 7.15. The van der Waals surface area contributed by atoms with E-state index in [1.54, 1.807) is 21.4 Å². The Morgan fingerprint density at radius 1 is 1.10 bits per heavy atom. The minimum atomic E-state index is -0.348. The molecule has 29 heavy (non-hydrogen) atoms. The van der Waals surface area contributed by atoms with Gasteiger partial charge in [0.1, 0.15) is 16.4 Å². The molecule has 9 heteroatoms. The fourth-order valence-electron chi connectivity index (χ4n) is 2.74. The highest BCUT2D eigenvalue weighted by Crippen LogP contribution is 2.28. The molecule has 0 aliphatic carbocycles. The summed E-state index contributed by atoms with van der Waals surface area (Å²) in [6.07, 6.45) is 5.12. The summed E-state index contributed by atoms with van der Waals surface area (Å²) < 4.78 is 16.7. The zero-order valence-electron chi connectivity index (χ0n) is 16.1. The maximum atomic E-state index is 13.3. The molecule has 0 fully saturated rings. The lowest BCUT2D eigenvalue weighted by molar-refractivity contribution is 0.102. The quantitative estimate of drug-likeness (QED) is 0.547. The summed E-state index contributed by atoms with van der Waals surface area (Å²) in [6, 6.07) is 9.62. The molecular formula is C20H19FN6OS. The molecule has 7 nitrogen and oxygen atoms in total. The van der Waals surface area contributed by atoms with E-state index >= 15 is 0 Å². The van der Waals surface area contributed by atoms with Crippen LogP contribution in [-0.2, 0) is 5.41 Å². The zero-order chi connectivity index (χ0) is 20.6. The van der Waals surface area contributed by atoms with E-state index in [0.717, 1.165) is 5.01 Å². The molecule has 1 N–H and O–H groups in total. The minimum Gasteiger partial charge on any atom is -0.308 e. The second-order valence-corrected chi connectivity index (χ2v) is 8.45.